The molecule has 43 heavy (non-hydrogen) atoms. The van der Waals surface area contributed by atoms with E-state index in [0.29, 0.717) is 12.1 Å². The van der Waals surface area contributed by atoms with Gasteiger partial charge in [-0.15, -0.1) is 0 Å². The van der Waals surface area contributed by atoms with Crippen LogP contribution in [0.5, 0.6) is 0 Å². The predicted octanol–water partition coefficient (Wildman–Crippen LogP) is 6.56. The maximum absolute atomic E-state index is 13.7. The summed E-state index contributed by atoms with van der Waals surface area (Å²) in [6, 6.07) is 15.1. The lowest BCUT2D eigenvalue weighted by Gasteiger charge is -2.40. The first-order valence-electron chi connectivity index (χ1n) is 13.2. The van der Waals surface area contributed by atoms with Gasteiger partial charge in [-0.25, -0.2) is 0 Å². The molecule has 2 unspecified atom stereocenters. The highest BCUT2D eigenvalue weighted by atomic mass is 19.4. The van der Waals surface area contributed by atoms with E-state index >= 15 is 0 Å². The summed E-state index contributed by atoms with van der Waals surface area (Å²) in [5.41, 5.74) is 2.05. The lowest BCUT2D eigenvalue weighted by molar-refractivity contribution is -0.143. The van der Waals surface area contributed by atoms with E-state index in [-0.39, 0.29) is 54.2 Å². The third kappa shape index (κ3) is 6.13. The Morgan fingerprint density at radius 3 is 2.09 bits per heavy atom. The second kappa shape index (κ2) is 11.2. The number of nitrogens with two attached hydrogens (primary N) is 1. The minimum atomic E-state index is -5.12. The Hall–Kier alpha value is -4.61. The summed E-state index contributed by atoms with van der Waals surface area (Å²) in [5.74, 6) is -2.97. The molecule has 3 aromatic carbocycles. The molecule has 1 saturated heterocycles. The number of rotatable bonds is 5. The number of hydrogen-bond donors (Lipinski definition) is 1. The smallest absolute Gasteiger partial charge is 0.416 e. The summed E-state index contributed by atoms with van der Waals surface area (Å²) in [7, 11) is 0. The molecule has 0 aliphatic carbocycles. The quantitative estimate of drug-likeness (QED) is 0.262. The van der Waals surface area contributed by atoms with Gasteiger partial charge >= 0.3 is 12.4 Å². The number of halogens is 6. The van der Waals surface area contributed by atoms with Crippen molar-refractivity contribution in [2.75, 3.05) is 6.54 Å². The largest absolute Gasteiger partial charge is 0.450 e. The zero-order chi connectivity index (χ0) is 31.1. The standard InChI is InChI=1S/C31H24F6N2O4/c32-30(33,34)20-13-19(14-21(16-20)31(35,36)37)29(42)39-11-10-18(15-22(39)12-17-6-2-1-3-7-17)25-26(40)23-8-4-5-9-24(23)43-27(25)28(38)41/h1-9,13-14,16,18,22H,10-12,15H2,(H2,38,41). The molecule has 0 radical (unpaired) electrons. The summed E-state index contributed by atoms with van der Waals surface area (Å²) >= 11 is 0. The van der Waals surface area contributed by atoms with E-state index in [4.69, 9.17) is 10.2 Å². The van der Waals surface area contributed by atoms with Crippen LogP contribution in [0.15, 0.2) is 82.0 Å². The highest BCUT2D eigenvalue weighted by Crippen LogP contribution is 2.39. The van der Waals surface area contributed by atoms with Crippen LogP contribution in [0.3, 0.4) is 0 Å². The first kappa shape index (κ1) is 29.9. The zero-order valence-electron chi connectivity index (χ0n) is 22.3. The van der Waals surface area contributed by atoms with E-state index < -0.39 is 58.2 Å². The van der Waals surface area contributed by atoms with Crippen molar-refractivity contribution in [3.05, 3.63) is 117 Å². The summed E-state index contributed by atoms with van der Waals surface area (Å²) in [5, 5.41) is 0.212. The number of fused-ring (bicyclic) bond motifs is 1. The number of likely N-dealkylation sites (tertiary alicyclic amines) is 1. The van der Waals surface area contributed by atoms with Gasteiger partial charge in [-0.2, -0.15) is 26.3 Å². The topological polar surface area (TPSA) is 93.6 Å². The van der Waals surface area contributed by atoms with E-state index in [1.807, 2.05) is 0 Å². The molecule has 0 saturated carbocycles. The van der Waals surface area contributed by atoms with E-state index in [1.54, 1.807) is 42.5 Å². The number of alkyl halides is 6. The van der Waals surface area contributed by atoms with Gasteiger partial charge in [0.15, 0.2) is 11.2 Å². The normalized spacial score (nSPS) is 17.7. The summed E-state index contributed by atoms with van der Waals surface area (Å²) in [6.07, 6.45) is -9.93. The fourth-order valence-electron chi connectivity index (χ4n) is 5.61. The maximum Gasteiger partial charge on any atom is 0.416 e. The number of primary amides is 1. The molecule has 2 N–H and O–H groups in total. The lowest BCUT2D eigenvalue weighted by atomic mass is 9.81. The third-order valence-corrected chi connectivity index (χ3v) is 7.59. The Morgan fingerprint density at radius 1 is 0.884 bits per heavy atom. The molecule has 12 heteroatoms. The van der Waals surface area contributed by atoms with Crippen LogP contribution in [-0.4, -0.2) is 29.3 Å². The van der Waals surface area contributed by atoms with Crippen LogP contribution in [-0.2, 0) is 18.8 Å². The van der Waals surface area contributed by atoms with E-state index in [9.17, 15) is 40.7 Å². The van der Waals surface area contributed by atoms with Crippen molar-refractivity contribution in [3.8, 4) is 0 Å². The van der Waals surface area contributed by atoms with Gasteiger partial charge in [0.25, 0.3) is 11.8 Å². The predicted molar refractivity (Wildman–Crippen MR) is 144 cm³/mol. The molecular formula is C31H24F6N2O4. The summed E-state index contributed by atoms with van der Waals surface area (Å²) < 4.78 is 86.9. The molecule has 224 valence electrons. The molecule has 5 rings (SSSR count). The van der Waals surface area contributed by atoms with Crippen LogP contribution in [0, 0.1) is 0 Å². The van der Waals surface area contributed by atoms with Crippen LogP contribution < -0.4 is 11.2 Å². The Bertz CT molecular complexity index is 1720. The molecule has 1 aliphatic rings. The number of carbonyl (C=O) groups excluding carboxylic acids is 2. The molecule has 0 bridgehead atoms. The molecule has 1 fully saturated rings. The summed E-state index contributed by atoms with van der Waals surface area (Å²) in [4.78, 5) is 40.8. The highest BCUT2D eigenvalue weighted by molar-refractivity contribution is 5.95. The first-order chi connectivity index (χ1) is 20.2. The average molecular weight is 603 g/mol. The lowest BCUT2D eigenvalue weighted by Crippen LogP contribution is -2.47. The molecule has 2 atom stereocenters. The second-order valence-electron chi connectivity index (χ2n) is 10.4. The van der Waals surface area contributed by atoms with E-state index in [2.05, 4.69) is 0 Å². The van der Waals surface area contributed by atoms with Crippen molar-refractivity contribution in [1.29, 1.82) is 0 Å². The zero-order valence-corrected chi connectivity index (χ0v) is 22.3. The van der Waals surface area contributed by atoms with Crippen molar-refractivity contribution in [2.24, 2.45) is 5.73 Å². The van der Waals surface area contributed by atoms with Crippen LogP contribution in [0.25, 0.3) is 11.0 Å². The first-order valence-corrected chi connectivity index (χ1v) is 13.2. The van der Waals surface area contributed by atoms with Gasteiger partial charge in [-0.05, 0) is 61.1 Å². The molecule has 6 nitrogen and oxygen atoms in total. The van der Waals surface area contributed by atoms with Gasteiger partial charge in [-0.3, -0.25) is 14.4 Å². The number of hydrogen-bond acceptors (Lipinski definition) is 4. The SMILES string of the molecule is NC(=O)c1oc2ccccc2c(=O)c1C1CCN(C(=O)c2cc(C(F)(F)F)cc(C(F)(F)F)c2)C(Cc2ccccc2)C1. The van der Waals surface area contributed by atoms with Gasteiger partial charge in [0, 0.05) is 18.2 Å². The number of nitrogens with zero attached hydrogens (tertiary/aromatic N) is 1. The van der Waals surface area contributed by atoms with Crippen molar-refractivity contribution in [3.63, 3.8) is 0 Å². The Kier molecular flexibility index (Phi) is 7.80. The van der Waals surface area contributed by atoms with Crippen LogP contribution in [0.4, 0.5) is 26.3 Å². The molecule has 1 aromatic heterocycles. The van der Waals surface area contributed by atoms with Gasteiger partial charge < -0.3 is 15.1 Å². The fourth-order valence-corrected chi connectivity index (χ4v) is 5.61. The van der Waals surface area contributed by atoms with E-state index in [0.717, 1.165) is 5.56 Å². The van der Waals surface area contributed by atoms with Gasteiger partial charge in [0.1, 0.15) is 5.58 Å². The van der Waals surface area contributed by atoms with Gasteiger partial charge in [-0.1, -0.05) is 42.5 Å². The Morgan fingerprint density at radius 2 is 1.49 bits per heavy atom. The summed E-state index contributed by atoms with van der Waals surface area (Å²) in [6.45, 7) is -0.122. The third-order valence-electron chi connectivity index (χ3n) is 7.59. The Labute approximate surface area is 240 Å². The molecular weight excluding hydrogens is 578 g/mol. The number of piperidine rings is 1. The van der Waals surface area contributed by atoms with Crippen molar-refractivity contribution in [2.45, 2.75) is 43.6 Å². The van der Waals surface area contributed by atoms with Crippen molar-refractivity contribution < 1.29 is 40.3 Å². The minimum absolute atomic E-state index is 0.0230. The molecule has 2 amide bonds. The maximum atomic E-state index is 13.7. The molecule has 1 aliphatic heterocycles. The van der Waals surface area contributed by atoms with E-state index in [1.165, 1.54) is 17.0 Å². The van der Waals surface area contributed by atoms with Gasteiger partial charge in [0.2, 0.25) is 0 Å². The minimum Gasteiger partial charge on any atom is -0.450 e. The molecule has 4 aromatic rings. The average Bonchev–Trinajstić information content (AvgIpc) is 2.96. The van der Waals surface area contributed by atoms with Crippen LogP contribution in [0.1, 0.15) is 61.9 Å². The second-order valence-corrected chi connectivity index (χ2v) is 10.4. The number of carbonyl (C=O) groups is 2. The monoisotopic (exact) mass is 602 g/mol. The van der Waals surface area contributed by atoms with Crippen molar-refractivity contribution >= 4 is 22.8 Å². The number of para-hydroxylation sites is 1. The number of amides is 2. The molecule has 2 heterocycles. The Balaban J connectivity index is 1.57. The van der Waals surface area contributed by atoms with Crippen LogP contribution in [0.2, 0.25) is 0 Å². The fraction of sp³-hybridized carbons (Fsp3) is 0.258. The van der Waals surface area contributed by atoms with Crippen molar-refractivity contribution in [1.82, 2.24) is 4.90 Å². The number of benzene rings is 3. The molecule has 0 spiro atoms. The van der Waals surface area contributed by atoms with Gasteiger partial charge in [0.05, 0.1) is 22.1 Å². The highest BCUT2D eigenvalue weighted by Gasteiger charge is 2.40. The van der Waals surface area contributed by atoms with Crippen LogP contribution >= 0.6 is 0 Å².